The Kier molecular flexibility index (Phi) is 4.44. The fourth-order valence-corrected chi connectivity index (χ4v) is 2.07. The van der Waals surface area contributed by atoms with Gasteiger partial charge in [0.15, 0.2) is 0 Å². The van der Waals surface area contributed by atoms with E-state index < -0.39 is 0 Å². The number of aromatic nitrogens is 2. The number of hydrogen-bond donors (Lipinski definition) is 1. The average Bonchev–Trinajstić information content (AvgIpc) is 2.78. The lowest BCUT2D eigenvalue weighted by atomic mass is 10.3. The molecular weight excluding hydrogens is 238 g/mol. The Hall–Kier alpha value is -1.97. The fourth-order valence-electron chi connectivity index (χ4n) is 2.07. The van der Waals surface area contributed by atoms with Gasteiger partial charge in [0.25, 0.3) is 0 Å². The molecule has 0 bridgehead atoms. The summed E-state index contributed by atoms with van der Waals surface area (Å²) in [6.45, 7) is 8.46. The third-order valence-electron chi connectivity index (χ3n) is 2.90. The van der Waals surface area contributed by atoms with Crippen LogP contribution in [0, 0.1) is 6.92 Å². The Bertz CT molecular complexity index is 534. The van der Waals surface area contributed by atoms with Gasteiger partial charge in [-0.2, -0.15) is 5.10 Å². The molecule has 4 heteroatoms. The second-order valence-corrected chi connectivity index (χ2v) is 4.41. The van der Waals surface area contributed by atoms with E-state index in [9.17, 15) is 0 Å². The van der Waals surface area contributed by atoms with Crippen molar-refractivity contribution in [2.75, 3.05) is 11.9 Å². The zero-order chi connectivity index (χ0) is 13.7. The number of ether oxygens (including phenoxy) is 1. The van der Waals surface area contributed by atoms with Crippen molar-refractivity contribution in [2.45, 2.75) is 33.9 Å². The Morgan fingerprint density at radius 2 is 2.11 bits per heavy atom. The first-order chi connectivity index (χ1) is 9.22. The van der Waals surface area contributed by atoms with Crippen molar-refractivity contribution in [3.05, 3.63) is 41.7 Å². The highest BCUT2D eigenvalue weighted by Crippen LogP contribution is 2.18. The van der Waals surface area contributed by atoms with Crippen LogP contribution in [-0.4, -0.2) is 16.4 Å². The number of nitrogens with one attached hydrogen (secondary N) is 1. The van der Waals surface area contributed by atoms with Gasteiger partial charge in [0.2, 0.25) is 0 Å². The molecule has 2 aromatic rings. The quantitative estimate of drug-likeness (QED) is 0.865. The minimum atomic E-state index is 0.686. The first-order valence-corrected chi connectivity index (χ1v) is 6.73. The summed E-state index contributed by atoms with van der Waals surface area (Å²) < 4.78 is 7.51. The minimum Gasteiger partial charge on any atom is -0.494 e. The van der Waals surface area contributed by atoms with Gasteiger partial charge in [-0.25, -0.2) is 0 Å². The topological polar surface area (TPSA) is 39.1 Å². The molecule has 19 heavy (non-hydrogen) atoms. The average molecular weight is 259 g/mol. The predicted molar refractivity (Wildman–Crippen MR) is 77.6 cm³/mol. The second kappa shape index (κ2) is 6.27. The van der Waals surface area contributed by atoms with Crippen LogP contribution in [0.15, 0.2) is 30.3 Å². The van der Waals surface area contributed by atoms with E-state index in [1.165, 1.54) is 5.69 Å². The molecule has 0 spiro atoms. The molecule has 0 amide bonds. The number of anilines is 1. The van der Waals surface area contributed by atoms with Crippen molar-refractivity contribution in [3.8, 4) is 5.75 Å². The van der Waals surface area contributed by atoms with Gasteiger partial charge in [-0.15, -0.1) is 0 Å². The van der Waals surface area contributed by atoms with E-state index in [4.69, 9.17) is 4.74 Å². The molecule has 2 rings (SSSR count). The molecule has 0 aliphatic carbocycles. The van der Waals surface area contributed by atoms with Crippen molar-refractivity contribution in [1.29, 1.82) is 0 Å². The van der Waals surface area contributed by atoms with Gasteiger partial charge in [-0.1, -0.05) is 6.07 Å². The molecule has 0 unspecified atom stereocenters. The van der Waals surface area contributed by atoms with Gasteiger partial charge in [-0.3, -0.25) is 4.68 Å². The standard InChI is InChI=1S/C15H21N3O/c1-4-18-14(9-12(3)17-18)11-16-13-7-6-8-15(10-13)19-5-2/h6-10,16H,4-5,11H2,1-3H3. The smallest absolute Gasteiger partial charge is 0.121 e. The largest absolute Gasteiger partial charge is 0.494 e. The van der Waals surface area contributed by atoms with Gasteiger partial charge in [0.05, 0.1) is 24.5 Å². The van der Waals surface area contributed by atoms with Crippen LogP contribution in [0.5, 0.6) is 5.75 Å². The summed E-state index contributed by atoms with van der Waals surface area (Å²) in [5.41, 5.74) is 3.32. The molecule has 1 heterocycles. The molecule has 102 valence electrons. The minimum absolute atomic E-state index is 0.686. The lowest BCUT2D eigenvalue weighted by molar-refractivity contribution is 0.340. The highest BCUT2D eigenvalue weighted by Gasteiger charge is 2.04. The van der Waals surface area contributed by atoms with Crippen LogP contribution in [0.4, 0.5) is 5.69 Å². The Balaban J connectivity index is 2.03. The molecule has 0 atom stereocenters. The van der Waals surface area contributed by atoms with Crippen LogP contribution in [-0.2, 0) is 13.1 Å². The van der Waals surface area contributed by atoms with E-state index in [0.717, 1.165) is 30.2 Å². The number of benzene rings is 1. The van der Waals surface area contributed by atoms with Crippen LogP contribution >= 0.6 is 0 Å². The van der Waals surface area contributed by atoms with Crippen molar-refractivity contribution in [1.82, 2.24) is 9.78 Å². The second-order valence-electron chi connectivity index (χ2n) is 4.41. The first-order valence-electron chi connectivity index (χ1n) is 6.73. The summed E-state index contributed by atoms with van der Waals surface area (Å²) in [6, 6.07) is 10.1. The molecule has 0 saturated carbocycles. The third-order valence-corrected chi connectivity index (χ3v) is 2.90. The first kappa shape index (κ1) is 13.5. The summed E-state index contributed by atoms with van der Waals surface area (Å²) >= 11 is 0. The number of rotatable bonds is 6. The van der Waals surface area contributed by atoms with E-state index >= 15 is 0 Å². The van der Waals surface area contributed by atoms with E-state index in [0.29, 0.717) is 6.61 Å². The van der Waals surface area contributed by atoms with Gasteiger partial charge in [0.1, 0.15) is 5.75 Å². The summed E-state index contributed by atoms with van der Waals surface area (Å²) in [5.74, 6) is 0.896. The molecule has 4 nitrogen and oxygen atoms in total. The molecule has 0 radical (unpaired) electrons. The van der Waals surface area contributed by atoms with Crippen LogP contribution in [0.2, 0.25) is 0 Å². The molecule has 1 N–H and O–H groups in total. The molecule has 0 aliphatic rings. The Morgan fingerprint density at radius 3 is 2.84 bits per heavy atom. The fraction of sp³-hybridized carbons (Fsp3) is 0.400. The van der Waals surface area contributed by atoms with E-state index in [1.54, 1.807) is 0 Å². The van der Waals surface area contributed by atoms with Crippen molar-refractivity contribution in [3.63, 3.8) is 0 Å². The number of aryl methyl sites for hydroxylation is 2. The maximum Gasteiger partial charge on any atom is 0.121 e. The normalized spacial score (nSPS) is 10.5. The summed E-state index contributed by atoms with van der Waals surface area (Å²) in [4.78, 5) is 0. The van der Waals surface area contributed by atoms with Gasteiger partial charge in [-0.05, 0) is 39.0 Å². The zero-order valence-electron chi connectivity index (χ0n) is 11.8. The van der Waals surface area contributed by atoms with Gasteiger partial charge < -0.3 is 10.1 Å². The van der Waals surface area contributed by atoms with Crippen molar-refractivity contribution < 1.29 is 4.74 Å². The third kappa shape index (κ3) is 3.50. The highest BCUT2D eigenvalue weighted by atomic mass is 16.5. The number of hydrogen-bond acceptors (Lipinski definition) is 3. The lowest BCUT2D eigenvalue weighted by Crippen LogP contribution is -2.07. The van der Waals surface area contributed by atoms with Crippen molar-refractivity contribution >= 4 is 5.69 Å². The molecule has 0 fully saturated rings. The van der Waals surface area contributed by atoms with Crippen molar-refractivity contribution in [2.24, 2.45) is 0 Å². The molecule has 0 saturated heterocycles. The van der Waals surface area contributed by atoms with E-state index in [2.05, 4.69) is 23.4 Å². The summed E-state index contributed by atoms with van der Waals surface area (Å²) in [6.07, 6.45) is 0. The molecular formula is C15H21N3O. The van der Waals surface area contributed by atoms with Crippen LogP contribution in [0.1, 0.15) is 25.2 Å². The summed E-state index contributed by atoms with van der Waals surface area (Å²) in [5, 5.41) is 7.85. The van der Waals surface area contributed by atoms with E-state index in [-0.39, 0.29) is 0 Å². The summed E-state index contributed by atoms with van der Waals surface area (Å²) in [7, 11) is 0. The Morgan fingerprint density at radius 1 is 1.26 bits per heavy atom. The van der Waals surface area contributed by atoms with E-state index in [1.807, 2.05) is 42.8 Å². The maximum atomic E-state index is 5.49. The molecule has 0 aliphatic heterocycles. The molecule has 1 aromatic carbocycles. The molecule has 1 aromatic heterocycles. The Labute approximate surface area is 114 Å². The van der Waals surface area contributed by atoms with Gasteiger partial charge >= 0.3 is 0 Å². The van der Waals surface area contributed by atoms with Gasteiger partial charge in [0, 0.05) is 18.3 Å². The monoisotopic (exact) mass is 259 g/mol. The lowest BCUT2D eigenvalue weighted by Gasteiger charge is -2.09. The predicted octanol–water partition coefficient (Wildman–Crippen LogP) is 3.22. The highest BCUT2D eigenvalue weighted by molar-refractivity contribution is 5.48. The van der Waals surface area contributed by atoms with Crippen LogP contribution in [0.3, 0.4) is 0 Å². The SMILES string of the molecule is CCOc1cccc(NCc2cc(C)nn2CC)c1. The van der Waals surface area contributed by atoms with Crippen LogP contribution in [0.25, 0.3) is 0 Å². The number of nitrogens with zero attached hydrogens (tertiary/aromatic N) is 2. The van der Waals surface area contributed by atoms with Crippen LogP contribution < -0.4 is 10.1 Å². The zero-order valence-corrected chi connectivity index (χ0v) is 11.8. The maximum absolute atomic E-state index is 5.49.